The Bertz CT molecular complexity index is 497. The first-order valence-electron chi connectivity index (χ1n) is 4.72. The molecule has 0 amide bonds. The van der Waals surface area contributed by atoms with Crippen molar-refractivity contribution in [2.45, 2.75) is 13.5 Å². The summed E-state index contributed by atoms with van der Waals surface area (Å²) in [4.78, 5) is 4.07. The number of nitrogens with one attached hydrogen (secondary N) is 1. The van der Waals surface area contributed by atoms with E-state index in [1.54, 1.807) is 12.3 Å². The van der Waals surface area contributed by atoms with Crippen molar-refractivity contribution in [2.24, 2.45) is 0 Å². The second-order valence-corrected chi connectivity index (χ2v) is 3.79. The van der Waals surface area contributed by atoms with Gasteiger partial charge in [-0.2, -0.15) is 0 Å². The van der Waals surface area contributed by atoms with Crippen LogP contribution in [0.15, 0.2) is 22.9 Å². The van der Waals surface area contributed by atoms with Gasteiger partial charge in [0, 0.05) is 6.07 Å². The van der Waals surface area contributed by atoms with Crippen LogP contribution in [0.3, 0.4) is 0 Å². The highest BCUT2D eigenvalue weighted by Crippen LogP contribution is 2.21. The van der Waals surface area contributed by atoms with Gasteiger partial charge in [0.2, 0.25) is 0 Å². The van der Waals surface area contributed by atoms with Crippen LogP contribution in [-0.2, 0) is 6.54 Å². The first-order valence-corrected chi connectivity index (χ1v) is 5.10. The Morgan fingerprint density at radius 1 is 1.50 bits per heavy atom. The highest BCUT2D eigenvalue weighted by atomic mass is 35.5. The molecule has 5 nitrogen and oxygen atoms in total. The summed E-state index contributed by atoms with van der Waals surface area (Å²) in [6.45, 7) is 2.35. The molecule has 0 aliphatic carbocycles. The predicted octanol–water partition coefficient (Wildman–Crippen LogP) is 2.23. The quantitative estimate of drug-likeness (QED) is 0.858. The van der Waals surface area contributed by atoms with E-state index in [0.29, 0.717) is 23.1 Å². The Hall–Kier alpha value is -1.75. The third-order valence-corrected chi connectivity index (χ3v) is 2.26. The average Bonchev–Trinajstić information content (AvgIpc) is 2.63. The first kappa shape index (κ1) is 10.8. The molecule has 0 saturated heterocycles. The monoisotopic (exact) mass is 238 g/mol. The number of hydrogen-bond acceptors (Lipinski definition) is 5. The van der Waals surface area contributed by atoms with Crippen LogP contribution in [0.2, 0.25) is 5.02 Å². The molecule has 84 valence electrons. The maximum Gasteiger partial charge on any atom is 0.145 e. The third kappa shape index (κ3) is 2.43. The molecule has 16 heavy (non-hydrogen) atoms. The zero-order valence-corrected chi connectivity index (χ0v) is 9.45. The number of rotatable bonds is 3. The summed E-state index contributed by atoms with van der Waals surface area (Å²) in [7, 11) is 0. The Labute approximate surface area is 97.6 Å². The summed E-state index contributed by atoms with van der Waals surface area (Å²) in [5.74, 6) is 1.35. The second kappa shape index (κ2) is 4.40. The Balaban J connectivity index is 2.04. The van der Waals surface area contributed by atoms with Crippen molar-refractivity contribution < 1.29 is 4.52 Å². The molecular weight excluding hydrogens is 228 g/mol. The summed E-state index contributed by atoms with van der Waals surface area (Å²) in [5.41, 5.74) is 6.87. The van der Waals surface area contributed by atoms with E-state index in [9.17, 15) is 0 Å². The topological polar surface area (TPSA) is 77.0 Å². The summed E-state index contributed by atoms with van der Waals surface area (Å²) >= 11 is 5.95. The summed E-state index contributed by atoms with van der Waals surface area (Å²) in [5, 5.41) is 7.38. The molecule has 2 aromatic rings. The fourth-order valence-electron chi connectivity index (χ4n) is 1.26. The van der Waals surface area contributed by atoms with E-state index in [-0.39, 0.29) is 0 Å². The van der Waals surface area contributed by atoms with Gasteiger partial charge >= 0.3 is 0 Å². The lowest BCUT2D eigenvalue weighted by Gasteiger charge is -2.05. The number of aryl methyl sites for hydroxylation is 1. The van der Waals surface area contributed by atoms with Crippen molar-refractivity contribution in [3.8, 4) is 0 Å². The van der Waals surface area contributed by atoms with Gasteiger partial charge in [-0.1, -0.05) is 16.8 Å². The fraction of sp³-hybridized carbons (Fsp3) is 0.200. The third-order valence-electron chi connectivity index (χ3n) is 1.98. The van der Waals surface area contributed by atoms with E-state index in [2.05, 4.69) is 15.5 Å². The minimum atomic E-state index is 0.486. The molecule has 0 saturated carbocycles. The Morgan fingerprint density at radius 3 is 2.94 bits per heavy atom. The van der Waals surface area contributed by atoms with Gasteiger partial charge in [-0.3, -0.25) is 0 Å². The number of nitrogens with two attached hydrogens (primary N) is 1. The van der Waals surface area contributed by atoms with E-state index < -0.39 is 0 Å². The van der Waals surface area contributed by atoms with Gasteiger partial charge in [0.25, 0.3) is 0 Å². The maximum absolute atomic E-state index is 5.95. The van der Waals surface area contributed by atoms with Gasteiger partial charge in [0.05, 0.1) is 23.5 Å². The lowest BCUT2D eigenvalue weighted by molar-refractivity contribution is 0.391. The van der Waals surface area contributed by atoms with Crippen molar-refractivity contribution in [3.05, 3.63) is 34.8 Å². The average molecular weight is 239 g/mol. The zero-order valence-electron chi connectivity index (χ0n) is 8.70. The van der Waals surface area contributed by atoms with Crippen LogP contribution in [0.1, 0.15) is 11.5 Å². The van der Waals surface area contributed by atoms with Crippen LogP contribution in [0.5, 0.6) is 0 Å². The van der Waals surface area contributed by atoms with Crippen LogP contribution < -0.4 is 11.1 Å². The number of nitrogens with zero attached hydrogens (tertiary/aromatic N) is 2. The number of nitrogen functional groups attached to an aromatic ring is 1. The van der Waals surface area contributed by atoms with Gasteiger partial charge in [-0.05, 0) is 13.0 Å². The molecule has 0 unspecified atom stereocenters. The van der Waals surface area contributed by atoms with Crippen LogP contribution in [0.4, 0.5) is 11.5 Å². The van der Waals surface area contributed by atoms with E-state index >= 15 is 0 Å². The molecule has 2 heterocycles. The largest absolute Gasteiger partial charge is 0.397 e. The lowest BCUT2D eigenvalue weighted by atomic mass is 10.3. The highest BCUT2D eigenvalue weighted by Gasteiger charge is 2.04. The minimum absolute atomic E-state index is 0.486. The fourth-order valence-corrected chi connectivity index (χ4v) is 1.50. The maximum atomic E-state index is 5.95. The van der Waals surface area contributed by atoms with Gasteiger partial charge in [-0.15, -0.1) is 0 Å². The van der Waals surface area contributed by atoms with E-state index in [1.807, 2.05) is 13.0 Å². The SMILES string of the molecule is Cc1cc(CNc2ncc(N)cc2Cl)no1. The van der Waals surface area contributed by atoms with Gasteiger partial charge in [-0.25, -0.2) is 4.98 Å². The standard InChI is InChI=1S/C10H11ClN4O/c1-6-2-8(15-16-6)5-14-10-9(11)3-7(12)4-13-10/h2-4H,5,12H2,1H3,(H,13,14). The molecule has 2 aromatic heterocycles. The Kier molecular flexibility index (Phi) is 2.96. The summed E-state index contributed by atoms with van der Waals surface area (Å²) in [6.07, 6.45) is 1.54. The molecule has 6 heteroatoms. The molecule has 2 rings (SSSR count). The minimum Gasteiger partial charge on any atom is -0.397 e. The number of pyridine rings is 1. The number of anilines is 2. The molecule has 0 aromatic carbocycles. The van der Waals surface area contributed by atoms with Crippen molar-refractivity contribution in [2.75, 3.05) is 11.1 Å². The zero-order chi connectivity index (χ0) is 11.5. The van der Waals surface area contributed by atoms with Crippen molar-refractivity contribution in [1.29, 1.82) is 0 Å². The van der Waals surface area contributed by atoms with Crippen LogP contribution in [-0.4, -0.2) is 10.1 Å². The van der Waals surface area contributed by atoms with Crippen molar-refractivity contribution >= 4 is 23.1 Å². The van der Waals surface area contributed by atoms with Crippen LogP contribution in [0.25, 0.3) is 0 Å². The molecular formula is C10H11ClN4O. The van der Waals surface area contributed by atoms with Crippen LogP contribution >= 0.6 is 11.6 Å². The molecule has 0 spiro atoms. The Morgan fingerprint density at radius 2 is 2.31 bits per heavy atom. The first-order chi connectivity index (χ1) is 7.65. The van der Waals surface area contributed by atoms with Gasteiger partial charge < -0.3 is 15.6 Å². The summed E-state index contributed by atoms with van der Waals surface area (Å²) < 4.78 is 4.94. The van der Waals surface area contributed by atoms with E-state index in [0.717, 1.165) is 11.5 Å². The van der Waals surface area contributed by atoms with Gasteiger partial charge in [0.1, 0.15) is 17.3 Å². The normalized spacial score (nSPS) is 10.4. The smallest absolute Gasteiger partial charge is 0.145 e. The highest BCUT2D eigenvalue weighted by molar-refractivity contribution is 6.33. The lowest BCUT2D eigenvalue weighted by Crippen LogP contribution is -2.02. The van der Waals surface area contributed by atoms with Crippen molar-refractivity contribution in [3.63, 3.8) is 0 Å². The molecule has 3 N–H and O–H groups in total. The van der Waals surface area contributed by atoms with Crippen LogP contribution in [0, 0.1) is 6.92 Å². The number of aromatic nitrogens is 2. The van der Waals surface area contributed by atoms with Crippen molar-refractivity contribution in [1.82, 2.24) is 10.1 Å². The molecule has 0 aliphatic heterocycles. The number of hydrogen-bond donors (Lipinski definition) is 2. The molecule has 0 aliphatic rings. The second-order valence-electron chi connectivity index (χ2n) is 3.38. The van der Waals surface area contributed by atoms with Gasteiger partial charge in [0.15, 0.2) is 0 Å². The predicted molar refractivity (Wildman–Crippen MR) is 62.2 cm³/mol. The van der Waals surface area contributed by atoms with E-state index in [1.165, 1.54) is 0 Å². The molecule has 0 radical (unpaired) electrons. The summed E-state index contributed by atoms with van der Waals surface area (Å²) in [6, 6.07) is 3.49. The van der Waals surface area contributed by atoms with E-state index in [4.69, 9.17) is 21.9 Å². The molecule has 0 fully saturated rings. The molecule has 0 bridgehead atoms. The molecule has 0 atom stereocenters. The number of halogens is 1.